The number of nitrogen functional groups attached to an aromatic ring is 1. The van der Waals surface area contributed by atoms with Crippen LogP contribution in [0.5, 0.6) is 0 Å². The highest BCUT2D eigenvalue weighted by Crippen LogP contribution is 2.29. The number of nitrogens with one attached hydrogen (secondary N) is 1. The van der Waals surface area contributed by atoms with Crippen molar-refractivity contribution in [3.8, 4) is 0 Å². The van der Waals surface area contributed by atoms with Gasteiger partial charge < -0.3 is 5.73 Å². The van der Waals surface area contributed by atoms with Crippen molar-refractivity contribution in [3.05, 3.63) is 38.3 Å². The van der Waals surface area contributed by atoms with Crippen LogP contribution in [0.15, 0.2) is 17.6 Å². The van der Waals surface area contributed by atoms with Gasteiger partial charge in [-0.05, 0) is 0 Å². The van der Waals surface area contributed by atoms with Gasteiger partial charge in [-0.25, -0.2) is 0 Å². The number of nitro benzene ring substituents is 1. The largest absolute Gasteiger partial charge is 0.397 e. The molecular formula is C9H6ClN5O3S. The number of nitrogens with zero attached hydrogens (tertiary/aromatic N) is 3. The van der Waals surface area contributed by atoms with Crippen LogP contribution in [0.25, 0.3) is 0 Å². The predicted octanol–water partition coefficient (Wildman–Crippen LogP) is 1.93. The van der Waals surface area contributed by atoms with E-state index in [1.165, 1.54) is 5.51 Å². The number of hydrogen-bond acceptors (Lipinski definition) is 7. The molecule has 1 aromatic heterocycles. The number of non-ortho nitro benzene ring substituents is 1. The smallest absolute Gasteiger partial charge is 0.271 e. The zero-order valence-electron chi connectivity index (χ0n) is 9.16. The first kappa shape index (κ1) is 13.2. The van der Waals surface area contributed by atoms with Gasteiger partial charge in [0.05, 0.1) is 21.2 Å². The van der Waals surface area contributed by atoms with Crippen LogP contribution < -0.4 is 11.1 Å². The van der Waals surface area contributed by atoms with E-state index in [1.54, 1.807) is 0 Å². The Kier molecular flexibility index (Phi) is 3.58. The van der Waals surface area contributed by atoms with E-state index in [0.717, 1.165) is 23.5 Å². The Labute approximate surface area is 115 Å². The Hall–Kier alpha value is -2.26. The summed E-state index contributed by atoms with van der Waals surface area (Å²) >= 11 is 6.86. The average Bonchev–Trinajstić information content (AvgIpc) is 2.84. The maximum absolute atomic E-state index is 11.9. The van der Waals surface area contributed by atoms with E-state index in [1.807, 2.05) is 0 Å². The molecule has 0 saturated heterocycles. The second-order valence-electron chi connectivity index (χ2n) is 3.34. The topological polar surface area (TPSA) is 124 Å². The third-order valence-electron chi connectivity index (χ3n) is 2.15. The standard InChI is InChI=1S/C9H6ClN5O3S/c10-6-2-4(15(17)18)1-5(7(6)11)8(16)13-9-14-12-3-19-9/h1-3H,11H2,(H,13,14,16). The summed E-state index contributed by atoms with van der Waals surface area (Å²) in [6.45, 7) is 0. The molecule has 3 N–H and O–H groups in total. The Morgan fingerprint density at radius 1 is 1.53 bits per heavy atom. The summed E-state index contributed by atoms with van der Waals surface area (Å²) in [5, 5.41) is 20.5. The molecular weight excluding hydrogens is 294 g/mol. The molecule has 1 heterocycles. The summed E-state index contributed by atoms with van der Waals surface area (Å²) in [6, 6.07) is 2.14. The highest BCUT2D eigenvalue weighted by atomic mass is 35.5. The first-order valence-electron chi connectivity index (χ1n) is 4.80. The number of rotatable bonds is 3. The first-order valence-corrected chi connectivity index (χ1v) is 6.05. The summed E-state index contributed by atoms with van der Waals surface area (Å²) in [4.78, 5) is 22.0. The van der Waals surface area contributed by atoms with E-state index in [-0.39, 0.29) is 27.1 Å². The van der Waals surface area contributed by atoms with Crippen LogP contribution in [0.1, 0.15) is 10.4 Å². The predicted molar refractivity (Wildman–Crippen MR) is 70.4 cm³/mol. The Morgan fingerprint density at radius 2 is 2.26 bits per heavy atom. The van der Waals surface area contributed by atoms with Crippen molar-refractivity contribution in [2.24, 2.45) is 0 Å². The molecule has 0 aliphatic heterocycles. The molecule has 0 spiro atoms. The molecule has 98 valence electrons. The minimum absolute atomic E-state index is 0.0331. The van der Waals surface area contributed by atoms with Gasteiger partial charge >= 0.3 is 0 Å². The SMILES string of the molecule is Nc1c(Cl)cc([N+](=O)[O-])cc1C(=O)Nc1nncs1. The van der Waals surface area contributed by atoms with Gasteiger partial charge in [-0.1, -0.05) is 22.9 Å². The monoisotopic (exact) mass is 299 g/mol. The molecule has 8 nitrogen and oxygen atoms in total. The zero-order valence-corrected chi connectivity index (χ0v) is 10.7. The van der Waals surface area contributed by atoms with Gasteiger partial charge in [0, 0.05) is 12.1 Å². The molecule has 0 radical (unpaired) electrons. The zero-order chi connectivity index (χ0) is 14.0. The quantitative estimate of drug-likeness (QED) is 0.507. The molecule has 0 atom stereocenters. The van der Waals surface area contributed by atoms with Crippen LogP contribution in [0.3, 0.4) is 0 Å². The van der Waals surface area contributed by atoms with Crippen LogP contribution in [-0.2, 0) is 0 Å². The number of nitro groups is 1. The molecule has 0 bridgehead atoms. The number of aromatic nitrogens is 2. The van der Waals surface area contributed by atoms with Gasteiger partial charge in [0.15, 0.2) is 0 Å². The van der Waals surface area contributed by atoms with E-state index in [0.29, 0.717) is 0 Å². The summed E-state index contributed by atoms with van der Waals surface area (Å²) in [5.74, 6) is -0.639. The number of amides is 1. The van der Waals surface area contributed by atoms with E-state index < -0.39 is 10.8 Å². The van der Waals surface area contributed by atoms with E-state index in [4.69, 9.17) is 17.3 Å². The third-order valence-corrected chi connectivity index (χ3v) is 3.07. The van der Waals surface area contributed by atoms with Gasteiger partial charge in [-0.15, -0.1) is 10.2 Å². The van der Waals surface area contributed by atoms with Gasteiger partial charge in [-0.2, -0.15) is 0 Å². The molecule has 2 rings (SSSR count). The van der Waals surface area contributed by atoms with Gasteiger partial charge in [-0.3, -0.25) is 20.2 Å². The number of nitrogens with two attached hydrogens (primary N) is 1. The van der Waals surface area contributed by atoms with Crippen LogP contribution >= 0.6 is 22.9 Å². The fourth-order valence-electron chi connectivity index (χ4n) is 1.29. The molecule has 1 amide bonds. The number of carbonyl (C=O) groups excluding carboxylic acids is 1. The van der Waals surface area contributed by atoms with E-state index in [9.17, 15) is 14.9 Å². The lowest BCUT2D eigenvalue weighted by Crippen LogP contribution is -2.14. The summed E-state index contributed by atoms with van der Waals surface area (Å²) in [6.07, 6.45) is 0. The number of carbonyl (C=O) groups is 1. The number of anilines is 2. The Bertz CT molecular complexity index is 646. The van der Waals surface area contributed by atoms with Crippen molar-refractivity contribution >= 4 is 45.4 Å². The molecule has 0 unspecified atom stereocenters. The lowest BCUT2D eigenvalue weighted by Gasteiger charge is -2.06. The van der Waals surface area contributed by atoms with Gasteiger partial charge in [0.25, 0.3) is 11.6 Å². The van der Waals surface area contributed by atoms with Crippen molar-refractivity contribution in [2.45, 2.75) is 0 Å². The molecule has 0 aliphatic carbocycles. The fourth-order valence-corrected chi connectivity index (χ4v) is 1.94. The van der Waals surface area contributed by atoms with Crippen molar-refractivity contribution < 1.29 is 9.72 Å². The fraction of sp³-hybridized carbons (Fsp3) is 0. The lowest BCUT2D eigenvalue weighted by atomic mass is 10.1. The van der Waals surface area contributed by atoms with Gasteiger partial charge in [0.1, 0.15) is 5.51 Å². The maximum Gasteiger partial charge on any atom is 0.271 e. The number of halogens is 1. The van der Waals surface area contributed by atoms with E-state index in [2.05, 4.69) is 15.5 Å². The minimum Gasteiger partial charge on any atom is -0.397 e. The number of hydrogen-bond donors (Lipinski definition) is 2. The summed E-state index contributed by atoms with van der Waals surface area (Å²) in [7, 11) is 0. The molecule has 19 heavy (non-hydrogen) atoms. The third kappa shape index (κ3) is 2.77. The van der Waals surface area contributed by atoms with Crippen LogP contribution in [-0.4, -0.2) is 21.0 Å². The second-order valence-corrected chi connectivity index (χ2v) is 4.58. The maximum atomic E-state index is 11.9. The van der Waals surface area contributed by atoms with Crippen LogP contribution in [0, 0.1) is 10.1 Å². The van der Waals surface area contributed by atoms with E-state index >= 15 is 0 Å². The highest BCUT2D eigenvalue weighted by Gasteiger charge is 2.19. The molecule has 0 saturated carbocycles. The molecule has 1 aromatic carbocycles. The van der Waals surface area contributed by atoms with Crippen molar-refractivity contribution in [1.29, 1.82) is 0 Å². The molecule has 0 aliphatic rings. The second kappa shape index (κ2) is 5.16. The molecule has 0 fully saturated rings. The van der Waals surface area contributed by atoms with Crippen molar-refractivity contribution in [3.63, 3.8) is 0 Å². The normalized spacial score (nSPS) is 10.2. The highest BCUT2D eigenvalue weighted by molar-refractivity contribution is 7.13. The van der Waals surface area contributed by atoms with Gasteiger partial charge in [0.2, 0.25) is 5.13 Å². The van der Waals surface area contributed by atoms with Crippen LogP contribution in [0.2, 0.25) is 5.02 Å². The summed E-state index contributed by atoms with van der Waals surface area (Å²) in [5.41, 5.74) is 6.62. The number of benzene rings is 1. The van der Waals surface area contributed by atoms with Crippen molar-refractivity contribution in [2.75, 3.05) is 11.1 Å². The van der Waals surface area contributed by atoms with Crippen molar-refractivity contribution in [1.82, 2.24) is 10.2 Å². The Balaban J connectivity index is 2.38. The molecule has 10 heteroatoms. The summed E-state index contributed by atoms with van der Waals surface area (Å²) < 4.78 is 0. The minimum atomic E-state index is -0.660. The average molecular weight is 300 g/mol. The first-order chi connectivity index (χ1) is 8.99. The Morgan fingerprint density at radius 3 is 2.84 bits per heavy atom. The molecule has 2 aromatic rings. The van der Waals surface area contributed by atoms with Crippen LogP contribution in [0.4, 0.5) is 16.5 Å². The lowest BCUT2D eigenvalue weighted by molar-refractivity contribution is -0.384.